The average molecular weight is 210 g/mol. The molecule has 0 aliphatic carbocycles. The summed E-state index contributed by atoms with van der Waals surface area (Å²) in [6.45, 7) is 8.28. The highest BCUT2D eigenvalue weighted by Crippen LogP contribution is 2.16. The number of alkyl halides is 1. The third-order valence-electron chi connectivity index (χ3n) is 2.11. The molecule has 1 N–H and O–H groups in total. The van der Waals surface area contributed by atoms with Crippen LogP contribution in [-0.4, -0.2) is 17.1 Å². The van der Waals surface area contributed by atoms with E-state index in [0.717, 1.165) is 5.69 Å². The smallest absolute Gasteiger partial charge is 0.139 e. The number of aryl methyl sites for hydroxylation is 1. The minimum absolute atomic E-state index is 0.0531. The maximum atomic E-state index is 13.7. The highest BCUT2D eigenvalue weighted by Gasteiger charge is 2.14. The average Bonchev–Trinajstić information content (AvgIpc) is 2.14. The van der Waals surface area contributed by atoms with Crippen LogP contribution < -0.4 is 5.32 Å². The number of nitrogens with one attached hydrogen (secondary N) is 1. The minimum atomic E-state index is -0.989. The number of nitrogens with zero attached hydrogens (tertiary/aromatic N) is 1. The minimum Gasteiger partial charge on any atom is -0.309 e. The lowest BCUT2D eigenvalue weighted by Crippen LogP contribution is -2.37. The van der Waals surface area contributed by atoms with Crippen LogP contribution in [0.25, 0.3) is 0 Å². The molecule has 0 aliphatic heterocycles. The van der Waals surface area contributed by atoms with Crippen LogP contribution in [0.4, 0.5) is 4.39 Å². The van der Waals surface area contributed by atoms with Gasteiger partial charge in [-0.15, -0.1) is 0 Å². The Labute approximate surface area is 90.9 Å². The van der Waals surface area contributed by atoms with E-state index in [1.165, 1.54) is 0 Å². The molecule has 0 aliphatic rings. The van der Waals surface area contributed by atoms with Gasteiger partial charge in [-0.25, -0.2) is 4.39 Å². The van der Waals surface area contributed by atoms with Crippen LogP contribution in [0, 0.1) is 6.92 Å². The molecule has 0 bridgehead atoms. The molecule has 0 spiro atoms. The van der Waals surface area contributed by atoms with E-state index in [0.29, 0.717) is 12.1 Å². The van der Waals surface area contributed by atoms with Crippen molar-refractivity contribution in [2.24, 2.45) is 0 Å². The van der Waals surface area contributed by atoms with Gasteiger partial charge < -0.3 is 5.32 Å². The second-order valence-electron chi connectivity index (χ2n) is 4.83. The first-order chi connectivity index (χ1) is 6.88. The molecule has 0 amide bonds. The van der Waals surface area contributed by atoms with Crippen molar-refractivity contribution in [3.05, 3.63) is 29.6 Å². The predicted molar refractivity (Wildman–Crippen MR) is 60.6 cm³/mol. The maximum absolute atomic E-state index is 13.7. The van der Waals surface area contributed by atoms with E-state index in [4.69, 9.17) is 0 Å². The number of halogens is 1. The third kappa shape index (κ3) is 4.38. The molecule has 3 heteroatoms. The summed E-state index contributed by atoms with van der Waals surface area (Å²) in [5.74, 6) is 0. The Balaban J connectivity index is 2.54. The van der Waals surface area contributed by atoms with Crippen molar-refractivity contribution in [1.82, 2.24) is 10.3 Å². The van der Waals surface area contributed by atoms with E-state index in [2.05, 4.69) is 10.3 Å². The Kier molecular flexibility index (Phi) is 3.80. The molecule has 15 heavy (non-hydrogen) atoms. The summed E-state index contributed by atoms with van der Waals surface area (Å²) in [6, 6.07) is 3.62. The molecule has 0 saturated carbocycles. The molecule has 0 radical (unpaired) electrons. The lowest BCUT2D eigenvalue weighted by Gasteiger charge is -2.22. The fourth-order valence-corrected chi connectivity index (χ4v) is 1.18. The van der Waals surface area contributed by atoms with Crippen LogP contribution in [0.3, 0.4) is 0 Å². The van der Waals surface area contributed by atoms with Crippen molar-refractivity contribution in [3.63, 3.8) is 0 Å². The van der Waals surface area contributed by atoms with Crippen LogP contribution in [0.1, 0.15) is 38.2 Å². The number of hydrogen-bond donors (Lipinski definition) is 1. The first kappa shape index (κ1) is 12.1. The molecule has 0 saturated heterocycles. The highest BCUT2D eigenvalue weighted by molar-refractivity contribution is 5.16. The van der Waals surface area contributed by atoms with Crippen LogP contribution in [-0.2, 0) is 0 Å². The monoisotopic (exact) mass is 210 g/mol. The normalized spacial score (nSPS) is 13.9. The van der Waals surface area contributed by atoms with Gasteiger partial charge in [0, 0.05) is 29.5 Å². The predicted octanol–water partition coefficient (Wildman–Crippen LogP) is 2.79. The standard InChI is InChI=1S/C12H19FN2/c1-9-5-6-10(7-14-9)11(13)8-15-12(2,3)4/h5-7,11,15H,8H2,1-4H3. The molecule has 1 rings (SSSR count). The van der Waals surface area contributed by atoms with Crippen LogP contribution >= 0.6 is 0 Å². The topological polar surface area (TPSA) is 24.9 Å². The summed E-state index contributed by atoms with van der Waals surface area (Å²) in [7, 11) is 0. The fourth-order valence-electron chi connectivity index (χ4n) is 1.18. The Hall–Kier alpha value is -0.960. The van der Waals surface area contributed by atoms with Gasteiger partial charge in [-0.1, -0.05) is 6.07 Å². The van der Waals surface area contributed by atoms with Gasteiger partial charge in [0.2, 0.25) is 0 Å². The Bertz CT molecular complexity index is 300. The van der Waals surface area contributed by atoms with E-state index in [1.807, 2.05) is 33.8 Å². The zero-order chi connectivity index (χ0) is 11.5. The van der Waals surface area contributed by atoms with Gasteiger partial charge >= 0.3 is 0 Å². The molecule has 84 valence electrons. The van der Waals surface area contributed by atoms with Gasteiger partial charge in [-0.05, 0) is 33.8 Å². The molecule has 1 heterocycles. The van der Waals surface area contributed by atoms with Crippen LogP contribution in [0.15, 0.2) is 18.3 Å². The van der Waals surface area contributed by atoms with Gasteiger partial charge in [0.15, 0.2) is 0 Å². The summed E-state index contributed by atoms with van der Waals surface area (Å²) in [5, 5.41) is 3.13. The Morgan fingerprint density at radius 1 is 1.40 bits per heavy atom. The summed E-state index contributed by atoms with van der Waals surface area (Å²) in [4.78, 5) is 4.08. The molecule has 1 aromatic rings. The first-order valence-electron chi connectivity index (χ1n) is 5.20. The summed E-state index contributed by atoms with van der Waals surface area (Å²) in [5.41, 5.74) is 1.50. The van der Waals surface area contributed by atoms with E-state index >= 15 is 0 Å². The van der Waals surface area contributed by atoms with E-state index in [-0.39, 0.29) is 5.54 Å². The quantitative estimate of drug-likeness (QED) is 0.829. The van der Waals surface area contributed by atoms with E-state index in [1.54, 1.807) is 12.3 Å². The third-order valence-corrected chi connectivity index (χ3v) is 2.11. The largest absolute Gasteiger partial charge is 0.309 e. The Morgan fingerprint density at radius 3 is 2.53 bits per heavy atom. The van der Waals surface area contributed by atoms with Crippen molar-refractivity contribution in [1.29, 1.82) is 0 Å². The number of pyridine rings is 1. The number of aromatic nitrogens is 1. The summed E-state index contributed by atoms with van der Waals surface area (Å²) >= 11 is 0. The molecule has 1 atom stereocenters. The van der Waals surface area contributed by atoms with Crippen molar-refractivity contribution in [2.45, 2.75) is 39.4 Å². The molecule has 0 aromatic carbocycles. The van der Waals surface area contributed by atoms with E-state index in [9.17, 15) is 4.39 Å². The molecule has 1 unspecified atom stereocenters. The Morgan fingerprint density at radius 2 is 2.07 bits per heavy atom. The molecular formula is C12H19FN2. The summed E-state index contributed by atoms with van der Waals surface area (Å²) < 4.78 is 13.7. The second-order valence-corrected chi connectivity index (χ2v) is 4.83. The molecule has 1 aromatic heterocycles. The number of rotatable bonds is 3. The summed E-state index contributed by atoms with van der Waals surface area (Å²) in [6.07, 6.45) is 0.613. The number of hydrogen-bond acceptors (Lipinski definition) is 2. The maximum Gasteiger partial charge on any atom is 0.139 e. The SMILES string of the molecule is Cc1ccc(C(F)CNC(C)(C)C)cn1. The van der Waals surface area contributed by atoms with Gasteiger partial charge in [0.05, 0.1) is 0 Å². The van der Waals surface area contributed by atoms with Crippen molar-refractivity contribution < 1.29 is 4.39 Å². The lowest BCUT2D eigenvalue weighted by atomic mass is 10.1. The van der Waals surface area contributed by atoms with Crippen molar-refractivity contribution in [3.8, 4) is 0 Å². The zero-order valence-electron chi connectivity index (χ0n) is 9.84. The van der Waals surface area contributed by atoms with Crippen molar-refractivity contribution >= 4 is 0 Å². The second kappa shape index (κ2) is 4.71. The van der Waals surface area contributed by atoms with E-state index < -0.39 is 6.17 Å². The molecule has 2 nitrogen and oxygen atoms in total. The fraction of sp³-hybridized carbons (Fsp3) is 0.583. The van der Waals surface area contributed by atoms with Gasteiger partial charge in [0.1, 0.15) is 6.17 Å². The van der Waals surface area contributed by atoms with Crippen LogP contribution in [0.2, 0.25) is 0 Å². The first-order valence-corrected chi connectivity index (χ1v) is 5.20. The lowest BCUT2D eigenvalue weighted by molar-refractivity contribution is 0.291. The van der Waals surface area contributed by atoms with Crippen LogP contribution in [0.5, 0.6) is 0 Å². The zero-order valence-corrected chi connectivity index (χ0v) is 9.84. The van der Waals surface area contributed by atoms with Crippen molar-refractivity contribution in [2.75, 3.05) is 6.54 Å². The van der Waals surface area contributed by atoms with Gasteiger partial charge in [-0.2, -0.15) is 0 Å². The molecular weight excluding hydrogens is 191 g/mol. The highest BCUT2D eigenvalue weighted by atomic mass is 19.1. The molecule has 0 fully saturated rings. The van der Waals surface area contributed by atoms with Gasteiger partial charge in [0.25, 0.3) is 0 Å². The van der Waals surface area contributed by atoms with Gasteiger partial charge in [-0.3, -0.25) is 4.98 Å².